The topological polar surface area (TPSA) is 43.4 Å². The average Bonchev–Trinajstić information content (AvgIpc) is 3.14. The molecule has 0 aromatic carbocycles. The van der Waals surface area contributed by atoms with Gasteiger partial charge in [0.2, 0.25) is 0 Å². The van der Waals surface area contributed by atoms with E-state index in [1.54, 1.807) is 19.4 Å². The van der Waals surface area contributed by atoms with Crippen molar-refractivity contribution >= 4 is 0 Å². The summed E-state index contributed by atoms with van der Waals surface area (Å²) in [6.45, 7) is 2.75. The summed E-state index contributed by atoms with van der Waals surface area (Å²) in [5.41, 5.74) is 0.594. The molecule has 18 heavy (non-hydrogen) atoms. The zero-order valence-corrected chi connectivity index (χ0v) is 10.8. The molecule has 0 amide bonds. The zero-order valence-electron chi connectivity index (χ0n) is 10.8. The fraction of sp³-hybridized carbons (Fsp3) is 0.615. The van der Waals surface area contributed by atoms with Crippen LogP contribution >= 0.6 is 0 Å². The normalized spacial score (nSPS) is 16.6. The quantitative estimate of drug-likeness (QED) is 0.807. The summed E-state index contributed by atoms with van der Waals surface area (Å²) in [5, 5.41) is 3.27. The molecule has 1 aromatic heterocycles. The molecule has 0 saturated heterocycles. The van der Waals surface area contributed by atoms with Gasteiger partial charge in [0.05, 0.1) is 6.61 Å². The molecule has 1 aliphatic carbocycles. The van der Waals surface area contributed by atoms with E-state index in [9.17, 15) is 4.39 Å². The average molecular weight is 254 g/mol. The first kappa shape index (κ1) is 13.2. The first-order valence-corrected chi connectivity index (χ1v) is 6.23. The molecule has 0 radical (unpaired) electrons. The lowest BCUT2D eigenvalue weighted by atomic mass is 10.2. The van der Waals surface area contributed by atoms with Gasteiger partial charge in [-0.05, 0) is 25.8 Å². The lowest BCUT2D eigenvalue weighted by Gasteiger charge is -2.14. The summed E-state index contributed by atoms with van der Waals surface area (Å²) in [6, 6.07) is 2.23. The molecule has 1 saturated carbocycles. The Bertz CT molecular complexity index is 397. The summed E-state index contributed by atoms with van der Waals surface area (Å²) < 4.78 is 24.4. The van der Waals surface area contributed by atoms with Gasteiger partial charge in [0, 0.05) is 31.5 Å². The maximum absolute atomic E-state index is 14.1. The van der Waals surface area contributed by atoms with Crippen molar-refractivity contribution in [3.05, 3.63) is 23.6 Å². The number of ether oxygens (including phenoxy) is 2. The van der Waals surface area contributed by atoms with E-state index in [2.05, 4.69) is 10.3 Å². The molecule has 0 bridgehead atoms. The van der Waals surface area contributed by atoms with Crippen LogP contribution in [-0.2, 0) is 11.3 Å². The largest absolute Gasteiger partial charge is 0.470 e. The number of methoxy groups -OCH3 is 1. The van der Waals surface area contributed by atoms with Crippen LogP contribution in [0.1, 0.15) is 25.3 Å². The Morgan fingerprint density at radius 2 is 2.33 bits per heavy atom. The molecule has 2 rings (SSSR count). The number of nitrogens with one attached hydrogen (secondary N) is 1. The van der Waals surface area contributed by atoms with Crippen molar-refractivity contribution in [1.29, 1.82) is 0 Å². The van der Waals surface area contributed by atoms with Gasteiger partial charge in [-0.25, -0.2) is 9.37 Å². The van der Waals surface area contributed by atoms with E-state index < -0.39 is 0 Å². The van der Waals surface area contributed by atoms with Crippen LogP contribution < -0.4 is 10.1 Å². The Kier molecular flexibility index (Phi) is 4.49. The van der Waals surface area contributed by atoms with Crippen molar-refractivity contribution in [2.45, 2.75) is 38.5 Å². The number of rotatable bonds is 7. The minimum atomic E-state index is -0.381. The van der Waals surface area contributed by atoms with Crippen LogP contribution in [0.15, 0.2) is 12.3 Å². The number of halogens is 1. The standard InChI is InChI=1S/C13H19FN2O2/c1-9(8-17-2)18-13-12(14)10(5-6-15-13)7-16-11-3-4-11/h5-6,9,11,16H,3-4,7-8H2,1-2H3. The van der Waals surface area contributed by atoms with E-state index in [1.807, 2.05) is 6.92 Å². The zero-order chi connectivity index (χ0) is 13.0. The fourth-order valence-corrected chi connectivity index (χ4v) is 1.68. The molecule has 0 aliphatic heterocycles. The van der Waals surface area contributed by atoms with Gasteiger partial charge in [0.25, 0.3) is 5.88 Å². The van der Waals surface area contributed by atoms with Crippen LogP contribution in [-0.4, -0.2) is 30.8 Å². The second-order valence-corrected chi connectivity index (χ2v) is 4.63. The van der Waals surface area contributed by atoms with Gasteiger partial charge in [-0.3, -0.25) is 0 Å². The van der Waals surface area contributed by atoms with Crippen LogP contribution in [0.5, 0.6) is 5.88 Å². The SMILES string of the molecule is COCC(C)Oc1nccc(CNC2CC2)c1F. The molecule has 1 aromatic rings. The van der Waals surface area contributed by atoms with E-state index >= 15 is 0 Å². The molecular weight excluding hydrogens is 235 g/mol. The highest BCUT2D eigenvalue weighted by molar-refractivity contribution is 5.23. The van der Waals surface area contributed by atoms with Crippen LogP contribution in [0.25, 0.3) is 0 Å². The summed E-state index contributed by atoms with van der Waals surface area (Å²) >= 11 is 0. The molecule has 0 spiro atoms. The van der Waals surface area contributed by atoms with Crippen LogP contribution in [0.2, 0.25) is 0 Å². The monoisotopic (exact) mass is 254 g/mol. The second kappa shape index (κ2) is 6.11. The van der Waals surface area contributed by atoms with Crippen molar-refractivity contribution in [3.63, 3.8) is 0 Å². The minimum absolute atomic E-state index is 0.0506. The summed E-state index contributed by atoms with van der Waals surface area (Å²) in [6.07, 6.45) is 3.72. The van der Waals surface area contributed by atoms with Crippen molar-refractivity contribution < 1.29 is 13.9 Å². The van der Waals surface area contributed by atoms with E-state index in [-0.39, 0.29) is 17.8 Å². The third-order valence-corrected chi connectivity index (χ3v) is 2.81. The van der Waals surface area contributed by atoms with Gasteiger partial charge in [-0.1, -0.05) is 0 Å². The minimum Gasteiger partial charge on any atom is -0.470 e. The Morgan fingerprint density at radius 3 is 3.00 bits per heavy atom. The third kappa shape index (κ3) is 3.65. The lowest BCUT2D eigenvalue weighted by molar-refractivity contribution is 0.0857. The van der Waals surface area contributed by atoms with Crippen LogP contribution in [0.4, 0.5) is 4.39 Å². The number of pyridine rings is 1. The van der Waals surface area contributed by atoms with Gasteiger partial charge in [-0.15, -0.1) is 0 Å². The summed E-state index contributed by atoms with van der Waals surface area (Å²) in [7, 11) is 1.58. The Labute approximate surface area is 107 Å². The Balaban J connectivity index is 1.98. The summed E-state index contributed by atoms with van der Waals surface area (Å²) in [5.74, 6) is -0.330. The van der Waals surface area contributed by atoms with Crippen molar-refractivity contribution in [1.82, 2.24) is 10.3 Å². The highest BCUT2D eigenvalue weighted by Gasteiger charge is 2.21. The Morgan fingerprint density at radius 1 is 1.56 bits per heavy atom. The maximum Gasteiger partial charge on any atom is 0.251 e. The van der Waals surface area contributed by atoms with E-state index in [0.29, 0.717) is 24.8 Å². The fourth-order valence-electron chi connectivity index (χ4n) is 1.68. The molecule has 1 aliphatic rings. The maximum atomic E-state index is 14.1. The number of nitrogens with zero attached hydrogens (tertiary/aromatic N) is 1. The number of hydrogen-bond donors (Lipinski definition) is 1. The van der Waals surface area contributed by atoms with Crippen LogP contribution in [0, 0.1) is 5.82 Å². The molecular formula is C13H19FN2O2. The molecule has 100 valence electrons. The van der Waals surface area contributed by atoms with E-state index in [1.165, 1.54) is 12.8 Å². The summed E-state index contributed by atoms with van der Waals surface area (Å²) in [4.78, 5) is 3.92. The van der Waals surface area contributed by atoms with Gasteiger partial charge < -0.3 is 14.8 Å². The van der Waals surface area contributed by atoms with Crippen molar-refractivity contribution in [2.75, 3.05) is 13.7 Å². The smallest absolute Gasteiger partial charge is 0.251 e. The molecule has 1 unspecified atom stereocenters. The third-order valence-electron chi connectivity index (χ3n) is 2.81. The first-order chi connectivity index (χ1) is 8.70. The molecule has 1 atom stereocenters. The predicted molar refractivity (Wildman–Crippen MR) is 66.0 cm³/mol. The van der Waals surface area contributed by atoms with E-state index in [0.717, 1.165) is 0 Å². The lowest BCUT2D eigenvalue weighted by Crippen LogP contribution is -2.21. The molecule has 1 N–H and O–H groups in total. The second-order valence-electron chi connectivity index (χ2n) is 4.63. The number of aromatic nitrogens is 1. The molecule has 5 heteroatoms. The molecule has 1 fully saturated rings. The first-order valence-electron chi connectivity index (χ1n) is 6.23. The Hall–Kier alpha value is -1.20. The predicted octanol–water partition coefficient (Wildman–Crippen LogP) is 1.89. The highest BCUT2D eigenvalue weighted by atomic mass is 19.1. The molecule has 1 heterocycles. The van der Waals surface area contributed by atoms with Gasteiger partial charge in [-0.2, -0.15) is 0 Å². The van der Waals surface area contributed by atoms with Gasteiger partial charge in [0.1, 0.15) is 6.10 Å². The molecule has 4 nitrogen and oxygen atoms in total. The highest BCUT2D eigenvalue weighted by Crippen LogP contribution is 2.22. The van der Waals surface area contributed by atoms with Crippen molar-refractivity contribution in [3.8, 4) is 5.88 Å². The van der Waals surface area contributed by atoms with Gasteiger partial charge >= 0.3 is 0 Å². The van der Waals surface area contributed by atoms with Gasteiger partial charge in [0.15, 0.2) is 5.82 Å². The van der Waals surface area contributed by atoms with Crippen LogP contribution in [0.3, 0.4) is 0 Å². The number of hydrogen-bond acceptors (Lipinski definition) is 4. The van der Waals surface area contributed by atoms with Crippen molar-refractivity contribution in [2.24, 2.45) is 0 Å². The van der Waals surface area contributed by atoms with E-state index in [4.69, 9.17) is 9.47 Å².